The molecular formula is C13H18ClNO. The summed E-state index contributed by atoms with van der Waals surface area (Å²) in [5, 5.41) is 9.22. The highest BCUT2D eigenvalue weighted by Crippen LogP contribution is 2.23. The molecule has 2 nitrogen and oxygen atoms in total. The van der Waals surface area contributed by atoms with Gasteiger partial charge in [-0.2, -0.15) is 0 Å². The highest BCUT2D eigenvalue weighted by atomic mass is 35.5. The van der Waals surface area contributed by atoms with E-state index in [9.17, 15) is 0 Å². The summed E-state index contributed by atoms with van der Waals surface area (Å²) >= 11 is 6.24. The molecule has 1 aromatic carbocycles. The van der Waals surface area contributed by atoms with Gasteiger partial charge >= 0.3 is 0 Å². The average Bonchev–Trinajstić information content (AvgIpc) is 2.31. The predicted octanol–water partition coefficient (Wildman–Crippen LogP) is 2.11. The van der Waals surface area contributed by atoms with E-state index in [1.54, 1.807) is 0 Å². The summed E-state index contributed by atoms with van der Waals surface area (Å²) in [4.78, 5) is 2.36. The normalized spacial score (nSPS) is 26.9. The molecule has 1 heterocycles. The van der Waals surface area contributed by atoms with E-state index in [4.69, 9.17) is 16.7 Å². The van der Waals surface area contributed by atoms with Crippen LogP contribution in [0.5, 0.6) is 0 Å². The minimum atomic E-state index is 0.0856. The molecule has 0 aromatic heterocycles. The van der Waals surface area contributed by atoms with Crippen LogP contribution in [0.2, 0.25) is 0 Å². The van der Waals surface area contributed by atoms with Crippen LogP contribution in [0.1, 0.15) is 12.0 Å². The number of hydrogen-bond acceptors (Lipinski definition) is 2. The van der Waals surface area contributed by atoms with Crippen LogP contribution in [0.15, 0.2) is 30.3 Å². The Balaban J connectivity index is 1.89. The van der Waals surface area contributed by atoms with Gasteiger partial charge in [0.2, 0.25) is 0 Å². The summed E-state index contributed by atoms with van der Waals surface area (Å²) in [5.74, 6) is 0.272. The first-order chi connectivity index (χ1) is 7.79. The van der Waals surface area contributed by atoms with Crippen LogP contribution < -0.4 is 0 Å². The van der Waals surface area contributed by atoms with Gasteiger partial charge < -0.3 is 5.11 Å². The van der Waals surface area contributed by atoms with E-state index in [2.05, 4.69) is 29.2 Å². The lowest BCUT2D eigenvalue weighted by Crippen LogP contribution is -2.42. The Kier molecular flexibility index (Phi) is 4.22. The van der Waals surface area contributed by atoms with Crippen molar-refractivity contribution in [2.45, 2.75) is 18.3 Å². The molecule has 0 radical (unpaired) electrons. The van der Waals surface area contributed by atoms with Gasteiger partial charge in [-0.1, -0.05) is 30.3 Å². The second-order valence-corrected chi connectivity index (χ2v) is 5.03. The molecule has 0 unspecified atom stereocenters. The Bertz CT molecular complexity index is 317. The number of alkyl halides is 1. The summed E-state index contributed by atoms with van der Waals surface area (Å²) in [6.07, 6.45) is 0.998. The summed E-state index contributed by atoms with van der Waals surface area (Å²) in [6, 6.07) is 10.4. The minimum Gasteiger partial charge on any atom is -0.396 e. The van der Waals surface area contributed by atoms with Crippen molar-refractivity contribution < 1.29 is 5.11 Å². The monoisotopic (exact) mass is 239 g/mol. The molecule has 0 bridgehead atoms. The molecule has 0 saturated carbocycles. The minimum absolute atomic E-state index is 0.0856. The fourth-order valence-corrected chi connectivity index (χ4v) is 2.61. The van der Waals surface area contributed by atoms with E-state index in [-0.39, 0.29) is 17.9 Å². The van der Waals surface area contributed by atoms with E-state index in [0.717, 1.165) is 26.1 Å². The number of aliphatic hydroxyl groups excluding tert-OH is 1. The molecule has 1 aromatic rings. The van der Waals surface area contributed by atoms with Gasteiger partial charge in [-0.3, -0.25) is 4.90 Å². The maximum Gasteiger partial charge on any atom is 0.0513 e. The molecule has 0 amide bonds. The zero-order chi connectivity index (χ0) is 11.4. The lowest BCUT2D eigenvalue weighted by atomic mass is 9.97. The quantitative estimate of drug-likeness (QED) is 0.817. The molecule has 1 N–H and O–H groups in total. The van der Waals surface area contributed by atoms with Gasteiger partial charge in [0, 0.05) is 25.6 Å². The fourth-order valence-electron chi connectivity index (χ4n) is 2.21. The first-order valence-electron chi connectivity index (χ1n) is 5.81. The van der Waals surface area contributed by atoms with Gasteiger partial charge in [-0.25, -0.2) is 0 Å². The molecule has 2 rings (SSSR count). The van der Waals surface area contributed by atoms with Gasteiger partial charge in [0.25, 0.3) is 0 Å². The molecule has 1 aliphatic rings. The molecule has 1 fully saturated rings. The van der Waals surface area contributed by atoms with Crippen molar-refractivity contribution in [1.82, 2.24) is 4.90 Å². The van der Waals surface area contributed by atoms with Crippen LogP contribution in [-0.2, 0) is 6.54 Å². The average molecular weight is 240 g/mol. The SMILES string of the molecule is OC[C@@H]1CCN(Cc2ccccc2)C[C@H]1Cl. The predicted molar refractivity (Wildman–Crippen MR) is 66.6 cm³/mol. The smallest absolute Gasteiger partial charge is 0.0513 e. The lowest BCUT2D eigenvalue weighted by molar-refractivity contribution is 0.131. The summed E-state index contributed by atoms with van der Waals surface area (Å²) in [5.41, 5.74) is 1.33. The van der Waals surface area contributed by atoms with Crippen LogP contribution in [0.25, 0.3) is 0 Å². The summed E-state index contributed by atoms with van der Waals surface area (Å²) in [6.45, 7) is 3.08. The van der Waals surface area contributed by atoms with Gasteiger partial charge in [0.1, 0.15) is 0 Å². The number of likely N-dealkylation sites (tertiary alicyclic amines) is 1. The van der Waals surface area contributed by atoms with Gasteiger partial charge in [-0.15, -0.1) is 11.6 Å². The van der Waals surface area contributed by atoms with Crippen molar-refractivity contribution in [3.63, 3.8) is 0 Å². The number of nitrogens with zero attached hydrogens (tertiary/aromatic N) is 1. The van der Waals surface area contributed by atoms with E-state index in [0.29, 0.717) is 0 Å². The largest absolute Gasteiger partial charge is 0.396 e. The lowest BCUT2D eigenvalue weighted by Gasteiger charge is -2.34. The molecule has 1 saturated heterocycles. The second kappa shape index (κ2) is 5.67. The van der Waals surface area contributed by atoms with E-state index >= 15 is 0 Å². The molecule has 3 heteroatoms. The van der Waals surface area contributed by atoms with Crippen molar-refractivity contribution in [2.24, 2.45) is 5.92 Å². The van der Waals surface area contributed by atoms with Crippen LogP contribution in [0.3, 0.4) is 0 Å². The van der Waals surface area contributed by atoms with Crippen LogP contribution >= 0.6 is 11.6 Å². The molecule has 2 atom stereocenters. The Hall–Kier alpha value is -0.570. The maximum absolute atomic E-state index is 9.13. The van der Waals surface area contributed by atoms with Crippen LogP contribution in [-0.4, -0.2) is 35.1 Å². The Morgan fingerprint density at radius 3 is 2.69 bits per heavy atom. The number of rotatable bonds is 3. The Morgan fingerprint density at radius 1 is 1.31 bits per heavy atom. The summed E-state index contributed by atoms with van der Waals surface area (Å²) < 4.78 is 0. The highest BCUT2D eigenvalue weighted by molar-refractivity contribution is 6.21. The number of benzene rings is 1. The molecule has 16 heavy (non-hydrogen) atoms. The number of piperidine rings is 1. The number of halogens is 1. The van der Waals surface area contributed by atoms with Crippen molar-refractivity contribution in [3.05, 3.63) is 35.9 Å². The van der Waals surface area contributed by atoms with Crippen LogP contribution in [0.4, 0.5) is 0 Å². The van der Waals surface area contributed by atoms with Crippen LogP contribution in [0, 0.1) is 5.92 Å². The number of hydrogen-bond donors (Lipinski definition) is 1. The zero-order valence-corrected chi connectivity index (χ0v) is 10.1. The first-order valence-corrected chi connectivity index (χ1v) is 6.24. The highest BCUT2D eigenvalue weighted by Gasteiger charge is 2.26. The van der Waals surface area contributed by atoms with E-state index in [1.807, 2.05) is 6.07 Å². The molecule has 88 valence electrons. The summed E-state index contributed by atoms with van der Waals surface area (Å²) in [7, 11) is 0. The third-order valence-electron chi connectivity index (χ3n) is 3.24. The maximum atomic E-state index is 9.13. The second-order valence-electron chi connectivity index (χ2n) is 4.47. The standard InChI is InChI=1S/C13H18ClNO/c14-13-9-15(7-6-12(13)10-16)8-11-4-2-1-3-5-11/h1-5,12-13,16H,6-10H2/t12-,13+/m0/s1. The third-order valence-corrected chi connectivity index (χ3v) is 3.74. The topological polar surface area (TPSA) is 23.5 Å². The number of aliphatic hydroxyl groups is 1. The van der Waals surface area contributed by atoms with Crippen molar-refractivity contribution in [1.29, 1.82) is 0 Å². The zero-order valence-electron chi connectivity index (χ0n) is 9.35. The van der Waals surface area contributed by atoms with Gasteiger partial charge in [0.15, 0.2) is 0 Å². The molecular weight excluding hydrogens is 222 g/mol. The molecule has 0 aliphatic carbocycles. The van der Waals surface area contributed by atoms with Gasteiger partial charge in [-0.05, 0) is 18.5 Å². The van der Waals surface area contributed by atoms with Crippen molar-refractivity contribution in [2.75, 3.05) is 19.7 Å². The van der Waals surface area contributed by atoms with E-state index < -0.39 is 0 Å². The Morgan fingerprint density at radius 2 is 2.06 bits per heavy atom. The Labute approximate surface area is 102 Å². The molecule has 1 aliphatic heterocycles. The van der Waals surface area contributed by atoms with Crippen molar-refractivity contribution >= 4 is 11.6 Å². The first kappa shape index (κ1) is 11.9. The molecule has 0 spiro atoms. The van der Waals surface area contributed by atoms with Crippen molar-refractivity contribution in [3.8, 4) is 0 Å². The van der Waals surface area contributed by atoms with Gasteiger partial charge in [0.05, 0.1) is 5.38 Å². The fraction of sp³-hybridized carbons (Fsp3) is 0.538. The van der Waals surface area contributed by atoms with E-state index in [1.165, 1.54) is 5.56 Å². The third kappa shape index (κ3) is 2.97.